The number of halogens is 2. The van der Waals surface area contributed by atoms with Gasteiger partial charge in [0.1, 0.15) is 12.1 Å². The molecule has 0 amide bonds. The van der Waals surface area contributed by atoms with Crippen molar-refractivity contribution in [3.63, 3.8) is 0 Å². The van der Waals surface area contributed by atoms with Crippen LogP contribution < -0.4 is 10.6 Å². The number of benzene rings is 1. The van der Waals surface area contributed by atoms with E-state index in [1.807, 2.05) is 13.0 Å². The monoisotopic (exact) mass is 434 g/mol. The van der Waals surface area contributed by atoms with Gasteiger partial charge in [0.05, 0.1) is 4.92 Å². The zero-order valence-electron chi connectivity index (χ0n) is 13.4. The summed E-state index contributed by atoms with van der Waals surface area (Å²) in [5, 5.41) is 17.9. The van der Waals surface area contributed by atoms with Gasteiger partial charge in [0.15, 0.2) is 0 Å². The summed E-state index contributed by atoms with van der Waals surface area (Å²) in [6.07, 6.45) is 2.80. The van der Waals surface area contributed by atoms with E-state index in [0.717, 1.165) is 10.0 Å². The van der Waals surface area contributed by atoms with Gasteiger partial charge in [0, 0.05) is 21.4 Å². The topological polar surface area (TPSA) is 106 Å². The average Bonchev–Trinajstić information content (AvgIpc) is 2.60. The predicted octanol–water partition coefficient (Wildman–Crippen LogP) is 4.99. The molecule has 0 bridgehead atoms. The lowest BCUT2D eigenvalue weighted by molar-refractivity contribution is -0.383. The van der Waals surface area contributed by atoms with Crippen LogP contribution in [0.15, 0.2) is 47.3 Å². The van der Waals surface area contributed by atoms with Gasteiger partial charge in [-0.3, -0.25) is 10.1 Å². The van der Waals surface area contributed by atoms with Crippen molar-refractivity contribution in [3.8, 4) is 0 Å². The van der Waals surface area contributed by atoms with Crippen LogP contribution in [0.3, 0.4) is 0 Å². The second kappa shape index (κ2) is 7.63. The Morgan fingerprint density at radius 1 is 1.12 bits per heavy atom. The number of aryl methyl sites for hydroxylation is 1. The summed E-state index contributed by atoms with van der Waals surface area (Å²) in [5.41, 5.74) is 1.18. The van der Waals surface area contributed by atoms with Gasteiger partial charge in [-0.2, -0.15) is 0 Å². The highest BCUT2D eigenvalue weighted by atomic mass is 79.9. The first kappa shape index (κ1) is 18.0. The summed E-state index contributed by atoms with van der Waals surface area (Å²) in [6, 6.07) is 8.67. The third-order valence-corrected chi connectivity index (χ3v) is 4.29. The zero-order chi connectivity index (χ0) is 18.7. The molecule has 0 fully saturated rings. The molecular formula is C16H12BrClN6O2. The fourth-order valence-electron chi connectivity index (χ4n) is 2.11. The van der Waals surface area contributed by atoms with Crippen molar-refractivity contribution in [2.24, 2.45) is 0 Å². The number of anilines is 4. The number of rotatable bonds is 5. The summed E-state index contributed by atoms with van der Waals surface area (Å²) < 4.78 is 0.791. The van der Waals surface area contributed by atoms with Crippen molar-refractivity contribution in [2.75, 3.05) is 10.6 Å². The lowest BCUT2D eigenvalue weighted by Crippen LogP contribution is -2.06. The number of pyridine rings is 1. The molecule has 0 aliphatic carbocycles. The highest BCUT2D eigenvalue weighted by molar-refractivity contribution is 9.10. The van der Waals surface area contributed by atoms with Crippen molar-refractivity contribution in [2.45, 2.75) is 6.92 Å². The molecule has 0 spiro atoms. The van der Waals surface area contributed by atoms with Crippen LogP contribution in [-0.2, 0) is 0 Å². The van der Waals surface area contributed by atoms with Gasteiger partial charge in [-0.05, 0) is 52.7 Å². The molecule has 0 atom stereocenters. The van der Waals surface area contributed by atoms with Gasteiger partial charge in [-0.25, -0.2) is 15.0 Å². The molecule has 0 radical (unpaired) electrons. The van der Waals surface area contributed by atoms with E-state index in [0.29, 0.717) is 16.5 Å². The molecule has 0 saturated carbocycles. The Morgan fingerprint density at radius 3 is 2.46 bits per heavy atom. The van der Waals surface area contributed by atoms with Gasteiger partial charge < -0.3 is 10.6 Å². The average molecular weight is 436 g/mol. The Morgan fingerprint density at radius 2 is 1.85 bits per heavy atom. The summed E-state index contributed by atoms with van der Waals surface area (Å²) in [4.78, 5) is 23.1. The van der Waals surface area contributed by atoms with Crippen LogP contribution in [0.1, 0.15) is 5.56 Å². The predicted molar refractivity (Wildman–Crippen MR) is 103 cm³/mol. The Labute approximate surface area is 161 Å². The smallest absolute Gasteiger partial charge is 0.334 e. The third-order valence-electron chi connectivity index (χ3n) is 3.41. The second-order valence-electron chi connectivity index (χ2n) is 5.25. The van der Waals surface area contributed by atoms with E-state index >= 15 is 0 Å². The zero-order valence-corrected chi connectivity index (χ0v) is 15.7. The Balaban J connectivity index is 1.96. The Hall–Kier alpha value is -2.78. The number of aromatic nitrogens is 3. The van der Waals surface area contributed by atoms with Crippen LogP contribution in [0.5, 0.6) is 0 Å². The van der Waals surface area contributed by atoms with Crippen molar-refractivity contribution in [1.29, 1.82) is 0 Å². The van der Waals surface area contributed by atoms with Crippen LogP contribution in [-0.4, -0.2) is 19.9 Å². The molecule has 10 heteroatoms. The molecule has 2 heterocycles. The van der Waals surface area contributed by atoms with Crippen LogP contribution >= 0.6 is 27.5 Å². The molecule has 0 unspecified atom stereocenters. The fourth-order valence-corrected chi connectivity index (χ4v) is 2.53. The van der Waals surface area contributed by atoms with E-state index in [2.05, 4.69) is 41.5 Å². The maximum Gasteiger partial charge on any atom is 0.353 e. The molecule has 26 heavy (non-hydrogen) atoms. The second-order valence-corrected chi connectivity index (χ2v) is 6.58. The van der Waals surface area contributed by atoms with Gasteiger partial charge in [-0.1, -0.05) is 17.7 Å². The summed E-state index contributed by atoms with van der Waals surface area (Å²) in [7, 11) is 0. The molecule has 0 aliphatic heterocycles. The molecule has 3 aromatic rings. The van der Waals surface area contributed by atoms with E-state index in [9.17, 15) is 10.1 Å². The van der Waals surface area contributed by atoms with Gasteiger partial charge in [0.25, 0.3) is 0 Å². The number of hydrogen-bond donors (Lipinski definition) is 2. The first-order valence-corrected chi connectivity index (χ1v) is 8.52. The molecule has 2 N–H and O–H groups in total. The van der Waals surface area contributed by atoms with E-state index in [1.54, 1.807) is 30.5 Å². The highest BCUT2D eigenvalue weighted by Crippen LogP contribution is 2.33. The van der Waals surface area contributed by atoms with Crippen LogP contribution in [0, 0.1) is 17.0 Å². The minimum atomic E-state index is -0.556. The number of nitrogens with one attached hydrogen (secondary N) is 2. The molecule has 0 aliphatic rings. The fraction of sp³-hybridized carbons (Fsp3) is 0.0625. The van der Waals surface area contributed by atoms with Crippen molar-refractivity contribution >= 4 is 56.4 Å². The van der Waals surface area contributed by atoms with E-state index in [-0.39, 0.29) is 17.3 Å². The lowest BCUT2D eigenvalue weighted by atomic mass is 10.2. The first-order valence-electron chi connectivity index (χ1n) is 7.35. The minimum absolute atomic E-state index is 0.0283. The first-order chi connectivity index (χ1) is 12.4. The number of nitro groups is 1. The maximum atomic E-state index is 11.6. The van der Waals surface area contributed by atoms with Gasteiger partial charge in [-0.15, -0.1) is 0 Å². The molecule has 132 valence electrons. The molecule has 0 saturated heterocycles. The molecule has 2 aromatic heterocycles. The quantitative estimate of drug-likeness (QED) is 0.429. The van der Waals surface area contributed by atoms with E-state index in [4.69, 9.17) is 11.6 Å². The van der Waals surface area contributed by atoms with Crippen molar-refractivity contribution in [1.82, 2.24) is 15.0 Å². The summed E-state index contributed by atoms with van der Waals surface area (Å²) >= 11 is 9.39. The van der Waals surface area contributed by atoms with Gasteiger partial charge >= 0.3 is 5.69 Å². The van der Waals surface area contributed by atoms with E-state index < -0.39 is 4.92 Å². The maximum absolute atomic E-state index is 11.6. The Kier molecular flexibility index (Phi) is 5.29. The molecule has 1 aromatic carbocycles. The standard InChI is InChI=1S/C16H12BrClN6O2/c1-9-2-4-11(6-12(9)18)22-15-14(24(25)26)16(21-8-20-15)23-13-5-3-10(17)7-19-13/h2-8H,1H3,(H2,19,20,21,22,23). The molecule has 3 rings (SSSR count). The number of hydrogen-bond acceptors (Lipinski definition) is 7. The SMILES string of the molecule is Cc1ccc(Nc2ncnc(Nc3ccc(Br)cn3)c2[N+](=O)[O-])cc1Cl. The summed E-state index contributed by atoms with van der Waals surface area (Å²) in [6.45, 7) is 1.87. The van der Waals surface area contributed by atoms with Crippen LogP contribution in [0.25, 0.3) is 0 Å². The van der Waals surface area contributed by atoms with Crippen molar-refractivity contribution < 1.29 is 4.92 Å². The highest BCUT2D eigenvalue weighted by Gasteiger charge is 2.23. The molecular weight excluding hydrogens is 424 g/mol. The molecule has 8 nitrogen and oxygen atoms in total. The van der Waals surface area contributed by atoms with Gasteiger partial charge in [0.2, 0.25) is 11.6 Å². The Bertz CT molecular complexity index is 967. The van der Waals surface area contributed by atoms with E-state index in [1.165, 1.54) is 6.33 Å². The van der Waals surface area contributed by atoms with Crippen LogP contribution in [0.2, 0.25) is 5.02 Å². The summed E-state index contributed by atoms with van der Waals surface area (Å²) in [5.74, 6) is 0.490. The van der Waals surface area contributed by atoms with Crippen molar-refractivity contribution in [3.05, 3.63) is 68.0 Å². The minimum Gasteiger partial charge on any atom is -0.334 e. The normalized spacial score (nSPS) is 10.4. The van der Waals surface area contributed by atoms with Crippen LogP contribution in [0.4, 0.5) is 28.8 Å². The third kappa shape index (κ3) is 4.06. The lowest BCUT2D eigenvalue weighted by Gasteiger charge is -2.10. The number of nitrogens with zero attached hydrogens (tertiary/aromatic N) is 4. The largest absolute Gasteiger partial charge is 0.353 e.